The molecule has 38 heavy (non-hydrogen) atoms. The molecular formula is C26H23N7O3S2. The summed E-state index contributed by atoms with van der Waals surface area (Å²) in [4.78, 5) is 31.4. The molecule has 10 nitrogen and oxygen atoms in total. The van der Waals surface area contributed by atoms with E-state index < -0.39 is 11.9 Å². The van der Waals surface area contributed by atoms with Crippen LogP contribution < -0.4 is 22.6 Å². The molecule has 0 radical (unpaired) electrons. The van der Waals surface area contributed by atoms with Crippen molar-refractivity contribution >= 4 is 67.0 Å². The number of amides is 1. The molecule has 0 fully saturated rings. The third-order valence-electron chi connectivity index (χ3n) is 6.23. The number of esters is 1. The molecule has 0 saturated heterocycles. The van der Waals surface area contributed by atoms with Gasteiger partial charge in [0.2, 0.25) is 0 Å². The van der Waals surface area contributed by atoms with Crippen molar-refractivity contribution in [3.8, 4) is 17.2 Å². The molecule has 4 aromatic rings. The van der Waals surface area contributed by atoms with E-state index in [0.717, 1.165) is 48.8 Å². The largest absolute Gasteiger partial charge is 0.462 e. The Morgan fingerprint density at radius 2 is 1.95 bits per heavy atom. The molecule has 12 heteroatoms. The van der Waals surface area contributed by atoms with Gasteiger partial charge in [-0.2, -0.15) is 10.4 Å². The van der Waals surface area contributed by atoms with E-state index in [1.54, 1.807) is 6.92 Å². The Kier molecular flexibility index (Phi) is 6.71. The SMILES string of the molecule is CCOC(=O)c1c(N)sc(C(=O)N/N=C2/CCc3c(sc4nc(N)c(C#N)c(-c5ccccc5)c34)C2)c1N. The molecule has 1 aliphatic rings. The molecule has 7 N–H and O–H groups in total. The van der Waals surface area contributed by atoms with Crippen LogP contribution in [0.15, 0.2) is 35.4 Å². The van der Waals surface area contributed by atoms with Gasteiger partial charge in [-0.15, -0.1) is 22.7 Å². The molecule has 0 atom stereocenters. The van der Waals surface area contributed by atoms with E-state index in [-0.39, 0.29) is 33.6 Å². The third kappa shape index (κ3) is 4.31. The van der Waals surface area contributed by atoms with E-state index >= 15 is 0 Å². The fraction of sp³-hybridized carbons (Fsp3) is 0.192. The summed E-state index contributed by atoms with van der Waals surface area (Å²) in [5, 5.41) is 15.2. The Labute approximate surface area is 225 Å². The number of nitrogen functional groups attached to an aromatic ring is 3. The summed E-state index contributed by atoms with van der Waals surface area (Å²) < 4.78 is 4.97. The van der Waals surface area contributed by atoms with Gasteiger partial charge in [0.1, 0.15) is 37.7 Å². The average Bonchev–Trinajstić information content (AvgIpc) is 3.42. The van der Waals surface area contributed by atoms with Crippen LogP contribution in [0.1, 0.15) is 49.4 Å². The Morgan fingerprint density at radius 3 is 2.66 bits per heavy atom. The number of hydrazone groups is 1. The molecule has 3 heterocycles. The summed E-state index contributed by atoms with van der Waals surface area (Å²) in [6.07, 6.45) is 1.79. The van der Waals surface area contributed by atoms with Gasteiger partial charge in [-0.25, -0.2) is 15.2 Å². The van der Waals surface area contributed by atoms with Gasteiger partial charge < -0.3 is 21.9 Å². The molecule has 0 spiro atoms. The molecule has 0 bridgehead atoms. The Balaban J connectivity index is 1.44. The van der Waals surface area contributed by atoms with Crippen molar-refractivity contribution in [3.63, 3.8) is 0 Å². The average molecular weight is 546 g/mol. The number of pyridine rings is 1. The van der Waals surface area contributed by atoms with Crippen LogP contribution in [-0.4, -0.2) is 29.2 Å². The van der Waals surface area contributed by atoms with Gasteiger partial charge in [-0.3, -0.25) is 4.79 Å². The molecular weight excluding hydrogens is 522 g/mol. The van der Waals surface area contributed by atoms with E-state index in [1.807, 2.05) is 30.3 Å². The van der Waals surface area contributed by atoms with E-state index in [4.69, 9.17) is 21.9 Å². The maximum Gasteiger partial charge on any atom is 0.343 e. The quantitative estimate of drug-likeness (QED) is 0.213. The van der Waals surface area contributed by atoms with Gasteiger partial charge in [-0.1, -0.05) is 30.3 Å². The van der Waals surface area contributed by atoms with Crippen molar-refractivity contribution in [2.45, 2.75) is 26.2 Å². The van der Waals surface area contributed by atoms with E-state index in [2.05, 4.69) is 21.6 Å². The number of nitrogens with two attached hydrogens (primary N) is 3. The monoisotopic (exact) mass is 545 g/mol. The second kappa shape index (κ2) is 10.1. The lowest BCUT2D eigenvalue weighted by molar-refractivity contribution is 0.0529. The zero-order valence-electron chi connectivity index (χ0n) is 20.3. The summed E-state index contributed by atoms with van der Waals surface area (Å²) in [5.74, 6) is -1.02. The maximum atomic E-state index is 12.8. The zero-order valence-corrected chi connectivity index (χ0v) is 22.0. The topological polar surface area (TPSA) is 182 Å². The lowest BCUT2D eigenvalue weighted by Gasteiger charge is -2.16. The molecule has 1 aromatic carbocycles. The fourth-order valence-corrected chi connectivity index (χ4v) is 6.67. The number of rotatable bonds is 5. The van der Waals surface area contributed by atoms with Crippen molar-refractivity contribution in [3.05, 3.63) is 56.8 Å². The van der Waals surface area contributed by atoms with E-state index in [0.29, 0.717) is 24.8 Å². The first-order chi connectivity index (χ1) is 18.3. The van der Waals surface area contributed by atoms with Crippen LogP contribution in [0.5, 0.6) is 0 Å². The summed E-state index contributed by atoms with van der Waals surface area (Å²) >= 11 is 2.42. The number of nitriles is 1. The summed E-state index contributed by atoms with van der Waals surface area (Å²) in [6.45, 7) is 1.83. The van der Waals surface area contributed by atoms with Gasteiger partial charge in [0.25, 0.3) is 5.91 Å². The molecule has 0 unspecified atom stereocenters. The molecule has 1 amide bonds. The minimum atomic E-state index is -0.669. The molecule has 5 rings (SSSR count). The van der Waals surface area contributed by atoms with Crippen molar-refractivity contribution in [1.82, 2.24) is 10.4 Å². The lowest BCUT2D eigenvalue weighted by atomic mass is 9.90. The number of ether oxygens (including phenoxy) is 1. The van der Waals surface area contributed by atoms with Gasteiger partial charge in [0.05, 0.1) is 12.3 Å². The van der Waals surface area contributed by atoms with Crippen LogP contribution in [0.2, 0.25) is 0 Å². The summed E-state index contributed by atoms with van der Waals surface area (Å²) in [6, 6.07) is 11.9. The molecule has 1 aliphatic carbocycles. The van der Waals surface area contributed by atoms with Crippen molar-refractivity contribution < 1.29 is 14.3 Å². The van der Waals surface area contributed by atoms with Gasteiger partial charge in [-0.05, 0) is 30.9 Å². The van der Waals surface area contributed by atoms with Gasteiger partial charge >= 0.3 is 5.97 Å². The number of aromatic nitrogens is 1. The highest BCUT2D eigenvalue weighted by atomic mass is 32.1. The van der Waals surface area contributed by atoms with Crippen LogP contribution in [-0.2, 0) is 17.6 Å². The van der Waals surface area contributed by atoms with Crippen molar-refractivity contribution in [2.75, 3.05) is 23.8 Å². The third-order valence-corrected chi connectivity index (χ3v) is 8.39. The summed E-state index contributed by atoms with van der Waals surface area (Å²) in [5.41, 5.74) is 24.6. The predicted molar refractivity (Wildman–Crippen MR) is 150 cm³/mol. The van der Waals surface area contributed by atoms with Gasteiger partial charge in [0, 0.05) is 28.0 Å². The minimum Gasteiger partial charge on any atom is -0.462 e. The van der Waals surface area contributed by atoms with E-state index in [9.17, 15) is 14.9 Å². The highest BCUT2D eigenvalue weighted by Gasteiger charge is 2.27. The molecule has 0 aliphatic heterocycles. The Bertz CT molecular complexity index is 1670. The maximum absolute atomic E-state index is 12.8. The van der Waals surface area contributed by atoms with Crippen LogP contribution in [0, 0.1) is 11.3 Å². The Hall–Kier alpha value is -4.47. The van der Waals surface area contributed by atoms with Crippen LogP contribution in [0.4, 0.5) is 16.5 Å². The number of carbonyl (C=O) groups is 2. The van der Waals surface area contributed by atoms with Crippen LogP contribution in [0.3, 0.4) is 0 Å². The highest BCUT2D eigenvalue weighted by Crippen LogP contribution is 2.43. The number of carbonyl (C=O) groups excluding carboxylic acids is 2. The standard InChI is InChI=1S/C26H23N7O3S2/c1-2-36-26(35)19-20(28)21(38-23(19)30)24(34)33-32-13-8-9-14-16(10-13)37-25-18(14)17(12-6-4-3-5-7-12)15(11-27)22(29)31-25/h3-7H,2,8-10,28,30H2,1H3,(H2,29,31)(H,33,34)/b32-13-. The normalized spacial score (nSPS) is 13.7. The molecule has 0 saturated carbocycles. The summed E-state index contributed by atoms with van der Waals surface area (Å²) in [7, 11) is 0. The number of nitrogens with zero attached hydrogens (tertiary/aromatic N) is 3. The first kappa shape index (κ1) is 25.2. The number of aryl methyl sites for hydroxylation is 1. The second-order valence-corrected chi connectivity index (χ2v) is 10.6. The number of benzene rings is 1. The number of hydrogen-bond donors (Lipinski definition) is 4. The number of hydrogen-bond acceptors (Lipinski definition) is 11. The van der Waals surface area contributed by atoms with Crippen molar-refractivity contribution in [2.24, 2.45) is 5.10 Å². The Morgan fingerprint density at radius 1 is 1.18 bits per heavy atom. The van der Waals surface area contributed by atoms with E-state index in [1.165, 1.54) is 11.3 Å². The lowest BCUT2D eigenvalue weighted by Crippen LogP contribution is -2.22. The highest BCUT2D eigenvalue weighted by molar-refractivity contribution is 7.19. The van der Waals surface area contributed by atoms with Gasteiger partial charge in [0.15, 0.2) is 0 Å². The molecule has 192 valence electrons. The smallest absolute Gasteiger partial charge is 0.343 e. The predicted octanol–water partition coefficient (Wildman–Crippen LogP) is 4.09. The zero-order chi connectivity index (χ0) is 27.0. The number of thiophene rings is 2. The fourth-order valence-electron chi connectivity index (χ4n) is 4.53. The number of nitrogens with one attached hydrogen (secondary N) is 1. The van der Waals surface area contributed by atoms with Crippen LogP contribution in [0.25, 0.3) is 21.3 Å². The number of fused-ring (bicyclic) bond motifs is 3. The first-order valence-corrected chi connectivity index (χ1v) is 13.4. The minimum absolute atomic E-state index is 0.0000291. The second-order valence-electron chi connectivity index (χ2n) is 8.51. The van der Waals surface area contributed by atoms with Crippen molar-refractivity contribution in [1.29, 1.82) is 5.26 Å². The van der Waals surface area contributed by atoms with Crippen LogP contribution >= 0.6 is 22.7 Å². The molecule has 3 aromatic heterocycles. The first-order valence-electron chi connectivity index (χ1n) is 11.7. The number of anilines is 3.